The van der Waals surface area contributed by atoms with Crippen molar-refractivity contribution in [2.75, 3.05) is 103 Å². The zero-order chi connectivity index (χ0) is 77.5. The normalized spacial score (nSPS) is 21.5. The SMILES string of the molecule is C=C1C[C@H]2C(O)N(C(=O)OCc3ccc(NC(=O)[C@H](C)NC(=O)[C@@H](NC(=O)CCOCCOC)C(C)C)cc3)c3cc(OCCCCCOc4cc5c(cc4OC)C(=O)N4CC(=C)C[C@H]4C(O)N5C(=O)OCc4ccc(O[C@@H]5O[C@H](C(=O)O)[C@@H](O)[C@H](O)[C@H]5O)c(C(=O)NCCOC)c4)c(OC)cc3C(=O)N2C1. The molecule has 2 unspecified atom stereocenters. The Balaban J connectivity index is 0.835. The number of nitrogens with one attached hydrogen (secondary N) is 4. The Bertz CT molecular complexity index is 3930. The Kier molecular flexibility index (Phi) is 27.9. The molecule has 0 aliphatic carbocycles. The predicted molar refractivity (Wildman–Crippen MR) is 378 cm³/mol. The second-order valence-corrected chi connectivity index (χ2v) is 26.4. The Labute approximate surface area is 616 Å². The first kappa shape index (κ1) is 80.9. The van der Waals surface area contributed by atoms with Crippen molar-refractivity contribution >= 4 is 70.7 Å². The van der Waals surface area contributed by atoms with Gasteiger partial charge in [-0.3, -0.25) is 28.8 Å². The highest BCUT2D eigenvalue weighted by Crippen LogP contribution is 2.45. The summed E-state index contributed by atoms with van der Waals surface area (Å²) in [6.07, 6.45) is -13.7. The summed E-state index contributed by atoms with van der Waals surface area (Å²) in [5.41, 5.74) is 1.91. The summed E-state index contributed by atoms with van der Waals surface area (Å²) in [7, 11) is 5.68. The first-order valence-corrected chi connectivity index (χ1v) is 34.7. The summed E-state index contributed by atoms with van der Waals surface area (Å²) < 4.78 is 61.9. The smallest absolute Gasteiger partial charge is 0.416 e. The van der Waals surface area contributed by atoms with Gasteiger partial charge in [-0.25, -0.2) is 24.2 Å². The molecule has 4 aromatic carbocycles. The van der Waals surface area contributed by atoms with Gasteiger partial charge in [-0.2, -0.15) is 0 Å². The molecule has 8 amide bonds. The lowest BCUT2D eigenvalue weighted by atomic mass is 9.99. The van der Waals surface area contributed by atoms with Crippen LogP contribution in [-0.4, -0.2) is 249 Å². The first-order valence-electron chi connectivity index (χ1n) is 34.7. The van der Waals surface area contributed by atoms with Gasteiger partial charge < -0.3 is 114 Å². The number of carboxylic acids is 1. The molecule has 9 rings (SSSR count). The van der Waals surface area contributed by atoms with E-state index in [1.165, 1.54) is 87.6 Å². The number of benzene rings is 4. The van der Waals surface area contributed by atoms with E-state index in [0.717, 1.165) is 9.80 Å². The van der Waals surface area contributed by atoms with Gasteiger partial charge in [-0.05, 0) is 92.5 Å². The van der Waals surface area contributed by atoms with Crippen LogP contribution in [-0.2, 0) is 60.8 Å². The standard InChI is InChI=1S/C73H92N8O26/c1-38(2)58(77-57(82)19-23-101-26-25-98-7)65(88)75-41(5)63(86)76-44-16-13-42(14-17-44)36-104-72(95)80-48-32-55(53(99-8)30-45(48)66(89)78-34-39(3)27-50(78)68(80)91)102-21-11-10-12-22-103-56-33-49-46(31-54(56)100-9)67(90)79-35-40(4)28-51(79)69(92)81(49)73(96)105-37-43-15-18-52(47(29-43)64(87)74-20-24-97-6)106-71-61(85)59(83)60(84)62(107-71)70(93)94/h13-18,29-33,38,41,50-51,58-62,68-69,71,83-85,91-92H,3-4,10-12,19-28,34-37H2,1-2,5-9H3,(H,74,87)(H,75,88)(H,76,86)(H,77,82)(H,93,94)/t41-,50-,51-,58-,59-,60-,61+,62-,68?,69?,71+/m0/s1. The Morgan fingerprint density at radius 2 is 1.14 bits per heavy atom. The third-order valence-electron chi connectivity index (χ3n) is 18.4. The van der Waals surface area contributed by atoms with Gasteiger partial charge in [0.2, 0.25) is 24.0 Å². The van der Waals surface area contributed by atoms with E-state index in [0.29, 0.717) is 54.9 Å². The third kappa shape index (κ3) is 19.3. The van der Waals surface area contributed by atoms with Crippen LogP contribution in [0.15, 0.2) is 91.0 Å². The number of amides is 8. The zero-order valence-corrected chi connectivity index (χ0v) is 60.4. The molecular formula is C73H92N8O26. The number of rotatable bonds is 33. The van der Waals surface area contributed by atoms with Crippen molar-refractivity contribution in [3.63, 3.8) is 0 Å². The molecule has 5 aliphatic heterocycles. The number of carbonyl (C=O) groups excluding carboxylic acids is 8. The second-order valence-electron chi connectivity index (χ2n) is 26.4. The van der Waals surface area contributed by atoms with Crippen LogP contribution in [0.5, 0.6) is 28.7 Å². The number of carbonyl (C=O) groups is 9. The fourth-order valence-corrected chi connectivity index (χ4v) is 12.6. The number of fused-ring (bicyclic) bond motifs is 4. The van der Waals surface area contributed by atoms with Gasteiger partial charge in [-0.15, -0.1) is 0 Å². The van der Waals surface area contributed by atoms with Gasteiger partial charge in [0.1, 0.15) is 49.4 Å². The van der Waals surface area contributed by atoms with E-state index in [-0.39, 0.29) is 140 Å². The fourth-order valence-electron chi connectivity index (χ4n) is 12.6. The highest BCUT2D eigenvalue weighted by atomic mass is 16.7. The Hall–Kier alpha value is -10.2. The van der Waals surface area contributed by atoms with Crippen LogP contribution in [0.2, 0.25) is 0 Å². The molecule has 5 heterocycles. The van der Waals surface area contributed by atoms with Gasteiger partial charge >= 0.3 is 18.2 Å². The van der Waals surface area contributed by atoms with Crippen molar-refractivity contribution in [3.8, 4) is 28.7 Å². The number of ether oxygens (including phenoxy) is 11. The van der Waals surface area contributed by atoms with Crippen LogP contribution in [0.3, 0.4) is 0 Å². The molecule has 0 saturated carbocycles. The van der Waals surface area contributed by atoms with Crippen LogP contribution in [0.4, 0.5) is 26.7 Å². The molecule has 3 fully saturated rings. The van der Waals surface area contributed by atoms with E-state index < -0.39 is 128 Å². The lowest BCUT2D eigenvalue weighted by Gasteiger charge is -2.38. The number of unbranched alkanes of at least 4 members (excludes halogenated alkanes) is 2. The van der Waals surface area contributed by atoms with Gasteiger partial charge in [-0.1, -0.05) is 56.4 Å². The molecular weight excluding hydrogens is 1400 g/mol. The van der Waals surface area contributed by atoms with Crippen molar-refractivity contribution in [2.24, 2.45) is 5.92 Å². The maximum Gasteiger partial charge on any atom is 0.416 e. The highest BCUT2D eigenvalue weighted by Gasteiger charge is 2.50. The highest BCUT2D eigenvalue weighted by molar-refractivity contribution is 6.07. The maximum atomic E-state index is 14.5. The van der Waals surface area contributed by atoms with Crippen molar-refractivity contribution in [1.29, 1.82) is 0 Å². The summed E-state index contributed by atoms with van der Waals surface area (Å²) in [4.78, 5) is 127. The number of carboxylic acid groups (broad SMARTS) is 1. The number of aliphatic carboxylic acids is 1. The number of hydrogen-bond acceptors (Lipinski definition) is 25. The minimum absolute atomic E-state index is 0.0130. The van der Waals surface area contributed by atoms with Crippen LogP contribution >= 0.6 is 0 Å². The first-order chi connectivity index (χ1) is 51.2. The second kappa shape index (κ2) is 36.9. The number of aliphatic hydroxyl groups excluding tert-OH is 5. The average molecular weight is 1500 g/mol. The molecule has 0 spiro atoms. The topological polar surface area (TPSA) is 438 Å². The van der Waals surface area contributed by atoms with Crippen LogP contribution in [0.1, 0.15) is 101 Å². The van der Waals surface area contributed by atoms with Gasteiger partial charge in [0, 0.05) is 58.1 Å². The average Bonchev–Trinajstić information content (AvgIpc) is 1.64. The van der Waals surface area contributed by atoms with Crippen molar-refractivity contribution in [1.82, 2.24) is 25.8 Å². The maximum absolute atomic E-state index is 14.5. The van der Waals surface area contributed by atoms with E-state index in [2.05, 4.69) is 34.4 Å². The van der Waals surface area contributed by atoms with Crippen molar-refractivity contribution in [3.05, 3.63) is 119 Å². The monoisotopic (exact) mass is 1500 g/mol. The molecule has 34 heteroatoms. The number of nitrogens with zero attached hydrogens (tertiary/aromatic N) is 4. The quantitative estimate of drug-likeness (QED) is 0.0242. The Morgan fingerprint density at radius 3 is 1.66 bits per heavy atom. The Morgan fingerprint density at radius 1 is 0.598 bits per heavy atom. The summed E-state index contributed by atoms with van der Waals surface area (Å²) >= 11 is 0. The summed E-state index contributed by atoms with van der Waals surface area (Å²) in [5.74, 6) is -5.07. The molecule has 10 N–H and O–H groups in total. The third-order valence-corrected chi connectivity index (χ3v) is 18.4. The summed E-state index contributed by atoms with van der Waals surface area (Å²) in [6.45, 7) is 13.5. The molecule has 580 valence electrons. The van der Waals surface area contributed by atoms with Gasteiger partial charge in [0.05, 0.1) is 94.0 Å². The summed E-state index contributed by atoms with van der Waals surface area (Å²) in [6, 6.07) is 12.0. The molecule has 0 bridgehead atoms. The van der Waals surface area contributed by atoms with E-state index in [4.69, 9.17) is 52.1 Å². The lowest BCUT2D eigenvalue weighted by Crippen LogP contribution is -2.61. The molecule has 34 nitrogen and oxygen atoms in total. The van der Waals surface area contributed by atoms with E-state index in [9.17, 15) is 73.8 Å². The molecule has 0 radical (unpaired) electrons. The lowest BCUT2D eigenvalue weighted by molar-refractivity contribution is -0.271. The van der Waals surface area contributed by atoms with Gasteiger partial charge in [0.15, 0.2) is 41.6 Å². The van der Waals surface area contributed by atoms with Crippen molar-refractivity contribution in [2.45, 2.75) is 140 Å². The molecule has 0 aromatic heterocycles. The van der Waals surface area contributed by atoms with Crippen LogP contribution < -0.4 is 54.8 Å². The molecule has 11 atom stereocenters. The molecule has 5 aliphatic rings. The number of anilines is 3. The van der Waals surface area contributed by atoms with Crippen LogP contribution in [0, 0.1) is 5.92 Å². The van der Waals surface area contributed by atoms with E-state index in [1.54, 1.807) is 38.1 Å². The number of methoxy groups -OCH3 is 4. The largest absolute Gasteiger partial charge is 0.493 e. The molecule has 3 saturated heterocycles. The minimum Gasteiger partial charge on any atom is -0.493 e. The van der Waals surface area contributed by atoms with Gasteiger partial charge in [0.25, 0.3) is 17.7 Å². The summed E-state index contributed by atoms with van der Waals surface area (Å²) in [5, 5.41) is 75.8. The fraction of sp³-hybridized carbons (Fsp3) is 0.493. The van der Waals surface area contributed by atoms with E-state index >= 15 is 0 Å². The van der Waals surface area contributed by atoms with E-state index in [1.807, 2.05) is 0 Å². The number of hydrogen-bond donors (Lipinski definition) is 10. The predicted octanol–water partition coefficient (Wildman–Crippen LogP) is 3.11. The number of aliphatic hydroxyl groups is 5. The van der Waals surface area contributed by atoms with Crippen LogP contribution in [0.25, 0.3) is 0 Å². The van der Waals surface area contributed by atoms with Crippen molar-refractivity contribution < 1.29 is 126 Å². The zero-order valence-electron chi connectivity index (χ0n) is 60.4. The molecule has 4 aromatic rings. The minimum atomic E-state index is -2.02. The molecule has 107 heavy (non-hydrogen) atoms.